The van der Waals surface area contributed by atoms with Gasteiger partial charge in [0.25, 0.3) is 5.91 Å². The topological polar surface area (TPSA) is 46.2 Å². The highest BCUT2D eigenvalue weighted by atomic mass is 16.2. The molecule has 86 valence electrons. The van der Waals surface area contributed by atoms with Gasteiger partial charge in [-0.05, 0) is 51.0 Å². The first kappa shape index (κ1) is 12.4. The van der Waals surface area contributed by atoms with Crippen LogP contribution in [0.2, 0.25) is 0 Å². The third-order valence-electron chi connectivity index (χ3n) is 2.73. The van der Waals surface area contributed by atoms with Crippen molar-refractivity contribution < 1.29 is 9.59 Å². The van der Waals surface area contributed by atoms with Crippen LogP contribution in [0.25, 0.3) is 0 Å². The molecule has 1 rings (SSSR count). The molecule has 1 atom stereocenters. The van der Waals surface area contributed by atoms with Gasteiger partial charge in [0.2, 0.25) is 0 Å². The van der Waals surface area contributed by atoms with Crippen molar-refractivity contribution in [1.82, 2.24) is 5.32 Å². The molecule has 0 spiro atoms. The van der Waals surface area contributed by atoms with E-state index >= 15 is 0 Å². The molecule has 0 saturated carbocycles. The number of ketones is 1. The zero-order valence-electron chi connectivity index (χ0n) is 10.1. The van der Waals surface area contributed by atoms with Crippen molar-refractivity contribution in [3.05, 3.63) is 34.9 Å². The molecule has 0 saturated heterocycles. The van der Waals surface area contributed by atoms with Crippen LogP contribution < -0.4 is 5.32 Å². The number of carbonyl (C=O) groups is 2. The van der Waals surface area contributed by atoms with Crippen molar-refractivity contribution in [3.63, 3.8) is 0 Å². The molecule has 0 radical (unpaired) electrons. The molecule has 0 bridgehead atoms. The second kappa shape index (κ2) is 4.92. The van der Waals surface area contributed by atoms with Gasteiger partial charge in [0.05, 0.1) is 6.04 Å². The minimum Gasteiger partial charge on any atom is -0.343 e. The number of hydrogen-bond acceptors (Lipinski definition) is 2. The van der Waals surface area contributed by atoms with Crippen LogP contribution >= 0.6 is 0 Å². The van der Waals surface area contributed by atoms with Gasteiger partial charge in [-0.15, -0.1) is 0 Å². The van der Waals surface area contributed by atoms with Gasteiger partial charge in [-0.25, -0.2) is 0 Å². The Hall–Kier alpha value is -1.64. The number of hydrogen-bond donors (Lipinski definition) is 1. The van der Waals surface area contributed by atoms with E-state index in [4.69, 9.17) is 0 Å². The lowest BCUT2D eigenvalue weighted by atomic mass is 10.1. The highest BCUT2D eigenvalue weighted by Gasteiger charge is 2.12. The number of rotatable bonds is 3. The standard InChI is InChI=1S/C13H17NO2/c1-8-5-6-12(7-9(8)2)13(16)14-10(3)11(4)15/h5-7,10H,1-4H3,(H,14,16). The molecule has 1 unspecified atom stereocenters. The first-order valence-electron chi connectivity index (χ1n) is 5.30. The molecule has 3 nitrogen and oxygen atoms in total. The quantitative estimate of drug-likeness (QED) is 0.845. The van der Waals surface area contributed by atoms with Crippen LogP contribution in [0.3, 0.4) is 0 Å². The van der Waals surface area contributed by atoms with Crippen molar-refractivity contribution in [2.75, 3.05) is 0 Å². The Bertz CT molecular complexity index is 424. The van der Waals surface area contributed by atoms with Gasteiger partial charge >= 0.3 is 0 Å². The molecule has 0 aromatic heterocycles. The number of Topliss-reactive ketones (excluding diaryl/α,β-unsaturated/α-hetero) is 1. The van der Waals surface area contributed by atoms with E-state index in [2.05, 4.69) is 5.32 Å². The number of amides is 1. The molecule has 0 fully saturated rings. The molecular formula is C13H17NO2. The minimum atomic E-state index is -0.436. The van der Waals surface area contributed by atoms with Crippen molar-refractivity contribution in [2.45, 2.75) is 33.7 Å². The van der Waals surface area contributed by atoms with Crippen LogP contribution in [0, 0.1) is 13.8 Å². The first-order chi connectivity index (χ1) is 7.41. The maximum absolute atomic E-state index is 11.8. The predicted molar refractivity (Wildman–Crippen MR) is 63.5 cm³/mol. The van der Waals surface area contributed by atoms with Gasteiger partial charge < -0.3 is 5.32 Å². The van der Waals surface area contributed by atoms with Crippen LogP contribution in [0.4, 0.5) is 0 Å². The summed E-state index contributed by atoms with van der Waals surface area (Å²) in [5.74, 6) is -0.247. The fourth-order valence-electron chi connectivity index (χ4n) is 1.26. The largest absolute Gasteiger partial charge is 0.343 e. The van der Waals surface area contributed by atoms with Crippen molar-refractivity contribution in [3.8, 4) is 0 Å². The van der Waals surface area contributed by atoms with E-state index in [1.807, 2.05) is 26.0 Å². The fourth-order valence-corrected chi connectivity index (χ4v) is 1.26. The van der Waals surface area contributed by atoms with Gasteiger partial charge in [-0.1, -0.05) is 6.07 Å². The molecule has 1 N–H and O–H groups in total. The summed E-state index contributed by atoms with van der Waals surface area (Å²) in [6.45, 7) is 7.10. The molecule has 0 aliphatic rings. The van der Waals surface area contributed by atoms with Crippen molar-refractivity contribution in [1.29, 1.82) is 0 Å². The molecule has 0 heterocycles. The van der Waals surface area contributed by atoms with E-state index in [1.165, 1.54) is 6.92 Å². The summed E-state index contributed by atoms with van der Waals surface area (Å²) in [6, 6.07) is 5.07. The Morgan fingerprint density at radius 1 is 1.19 bits per heavy atom. The van der Waals surface area contributed by atoms with E-state index in [0.717, 1.165) is 11.1 Å². The highest BCUT2D eigenvalue weighted by molar-refractivity contribution is 5.97. The lowest BCUT2D eigenvalue weighted by Crippen LogP contribution is -2.37. The number of aryl methyl sites for hydroxylation is 2. The Kier molecular flexibility index (Phi) is 3.82. The zero-order chi connectivity index (χ0) is 12.3. The molecule has 1 aromatic rings. The lowest BCUT2D eigenvalue weighted by Gasteiger charge is -2.11. The average Bonchev–Trinajstić information content (AvgIpc) is 2.21. The molecule has 16 heavy (non-hydrogen) atoms. The third kappa shape index (κ3) is 2.92. The van der Waals surface area contributed by atoms with Crippen LogP contribution in [-0.4, -0.2) is 17.7 Å². The van der Waals surface area contributed by atoms with Gasteiger partial charge in [0.15, 0.2) is 5.78 Å². The van der Waals surface area contributed by atoms with Gasteiger partial charge in [-0.2, -0.15) is 0 Å². The Morgan fingerprint density at radius 2 is 1.81 bits per heavy atom. The Labute approximate surface area is 95.9 Å². The normalized spacial score (nSPS) is 12.0. The maximum atomic E-state index is 11.8. The van der Waals surface area contributed by atoms with E-state index in [0.29, 0.717) is 5.56 Å². The lowest BCUT2D eigenvalue weighted by molar-refractivity contribution is -0.118. The maximum Gasteiger partial charge on any atom is 0.251 e. The fraction of sp³-hybridized carbons (Fsp3) is 0.385. The second-order valence-electron chi connectivity index (χ2n) is 4.10. The summed E-state index contributed by atoms with van der Waals surface area (Å²) in [7, 11) is 0. The van der Waals surface area contributed by atoms with Gasteiger partial charge in [0, 0.05) is 5.56 Å². The summed E-state index contributed by atoms with van der Waals surface area (Å²) < 4.78 is 0. The van der Waals surface area contributed by atoms with E-state index < -0.39 is 6.04 Å². The summed E-state index contributed by atoms with van der Waals surface area (Å²) in [5, 5.41) is 2.65. The SMILES string of the molecule is CC(=O)C(C)NC(=O)c1ccc(C)c(C)c1. The van der Waals surface area contributed by atoms with Crippen LogP contribution in [-0.2, 0) is 4.79 Å². The monoisotopic (exact) mass is 219 g/mol. The zero-order valence-corrected chi connectivity index (χ0v) is 10.1. The second-order valence-corrected chi connectivity index (χ2v) is 4.10. The van der Waals surface area contributed by atoms with Crippen LogP contribution in [0.1, 0.15) is 35.3 Å². The van der Waals surface area contributed by atoms with E-state index in [1.54, 1.807) is 13.0 Å². The third-order valence-corrected chi connectivity index (χ3v) is 2.73. The van der Waals surface area contributed by atoms with E-state index in [9.17, 15) is 9.59 Å². The van der Waals surface area contributed by atoms with Crippen molar-refractivity contribution >= 4 is 11.7 Å². The number of nitrogens with one attached hydrogen (secondary N) is 1. The minimum absolute atomic E-state index is 0.0443. The van der Waals surface area contributed by atoms with E-state index in [-0.39, 0.29) is 11.7 Å². The summed E-state index contributed by atoms with van der Waals surface area (Å²) in [5.41, 5.74) is 2.82. The Morgan fingerprint density at radius 3 is 2.31 bits per heavy atom. The van der Waals surface area contributed by atoms with Crippen molar-refractivity contribution in [2.24, 2.45) is 0 Å². The first-order valence-corrected chi connectivity index (χ1v) is 5.30. The molecule has 3 heteroatoms. The van der Waals surface area contributed by atoms with Gasteiger partial charge in [-0.3, -0.25) is 9.59 Å². The summed E-state index contributed by atoms with van der Waals surface area (Å²) >= 11 is 0. The summed E-state index contributed by atoms with van der Waals surface area (Å²) in [4.78, 5) is 22.8. The number of benzene rings is 1. The molecule has 0 aliphatic heterocycles. The Balaban J connectivity index is 2.81. The highest BCUT2D eigenvalue weighted by Crippen LogP contribution is 2.09. The average molecular weight is 219 g/mol. The number of carbonyl (C=O) groups excluding carboxylic acids is 2. The van der Waals surface area contributed by atoms with Crippen LogP contribution in [0.15, 0.2) is 18.2 Å². The smallest absolute Gasteiger partial charge is 0.251 e. The molecular weight excluding hydrogens is 202 g/mol. The molecule has 1 amide bonds. The molecule has 0 aliphatic carbocycles. The molecule has 1 aromatic carbocycles. The summed E-state index contributed by atoms with van der Waals surface area (Å²) in [6.07, 6.45) is 0. The van der Waals surface area contributed by atoms with Crippen LogP contribution in [0.5, 0.6) is 0 Å². The van der Waals surface area contributed by atoms with Gasteiger partial charge in [0.1, 0.15) is 0 Å². The predicted octanol–water partition coefficient (Wildman–Crippen LogP) is 2.01.